The molecule has 0 unspecified atom stereocenters. The van der Waals surface area contributed by atoms with Crippen LogP contribution in [0.1, 0.15) is 41.5 Å². The summed E-state index contributed by atoms with van der Waals surface area (Å²) in [6.07, 6.45) is 0. The van der Waals surface area contributed by atoms with E-state index in [0.29, 0.717) is 0 Å². The molecule has 3 nitrogen and oxygen atoms in total. The minimum atomic E-state index is -0.202. The number of nitrogens with zero attached hydrogens (tertiary/aromatic N) is 2. The number of hydrogen-bond donors (Lipinski definition) is 0. The third-order valence-corrected chi connectivity index (χ3v) is 1.16. The van der Waals surface area contributed by atoms with Gasteiger partial charge in [0.1, 0.15) is 5.60 Å². The van der Waals surface area contributed by atoms with Crippen molar-refractivity contribution in [2.45, 2.75) is 47.1 Å². The Kier molecular flexibility index (Phi) is 3.88. The van der Waals surface area contributed by atoms with Crippen molar-refractivity contribution >= 4 is 0 Å². The third kappa shape index (κ3) is 9.31. The Morgan fingerprint density at radius 1 is 1.08 bits per heavy atom. The molecule has 0 saturated carbocycles. The van der Waals surface area contributed by atoms with E-state index in [-0.39, 0.29) is 11.0 Å². The summed E-state index contributed by atoms with van der Waals surface area (Å²) in [5.74, 6) is 0. The molecule has 78 valence electrons. The van der Waals surface area contributed by atoms with Crippen molar-refractivity contribution in [2.75, 3.05) is 13.6 Å². The van der Waals surface area contributed by atoms with Crippen molar-refractivity contribution in [2.24, 2.45) is 10.7 Å². The highest BCUT2D eigenvalue weighted by Crippen LogP contribution is 2.13. The van der Waals surface area contributed by atoms with Gasteiger partial charge in [0.2, 0.25) is 0 Å². The van der Waals surface area contributed by atoms with Gasteiger partial charge in [0.25, 0.3) is 0 Å². The quantitative estimate of drug-likeness (QED) is 0.370. The van der Waals surface area contributed by atoms with Gasteiger partial charge in [-0.2, -0.15) is 0 Å². The Morgan fingerprint density at radius 3 is 1.85 bits per heavy atom. The summed E-state index contributed by atoms with van der Waals surface area (Å²) < 4.78 is 1.84. The van der Waals surface area contributed by atoms with Crippen molar-refractivity contribution in [3.05, 3.63) is 0 Å². The van der Waals surface area contributed by atoms with Crippen LogP contribution in [0.15, 0.2) is 5.28 Å². The zero-order chi connectivity index (χ0) is 10.7. The van der Waals surface area contributed by atoms with Crippen LogP contribution in [0.4, 0.5) is 0 Å². The zero-order valence-electron chi connectivity index (χ0n) is 10.0. The first kappa shape index (κ1) is 12.4. The predicted molar refractivity (Wildman–Crippen MR) is 53.8 cm³/mol. The van der Waals surface area contributed by atoms with E-state index in [1.165, 1.54) is 0 Å². The lowest BCUT2D eigenvalue weighted by atomic mass is 9.97. The second-order valence-corrected chi connectivity index (χ2v) is 5.66. The molecule has 0 heterocycles. The Bertz CT molecular complexity index is 184. The van der Waals surface area contributed by atoms with Crippen molar-refractivity contribution < 1.29 is 9.53 Å². The summed E-state index contributed by atoms with van der Waals surface area (Å²) in [5.41, 5.74) is 0.0473. The standard InChI is InChI=1S/C10H23N2O/c1-9(2,3)8-12(7)11-13-10(4,5)6/h8H2,1-7H3/q+1. The van der Waals surface area contributed by atoms with E-state index in [0.717, 1.165) is 6.54 Å². The van der Waals surface area contributed by atoms with Gasteiger partial charge in [0.05, 0.1) is 0 Å². The molecule has 0 amide bonds. The molecule has 0 radical (unpaired) electrons. The van der Waals surface area contributed by atoms with Crippen LogP contribution in [0, 0.1) is 5.41 Å². The highest BCUT2D eigenvalue weighted by Gasteiger charge is 2.19. The number of hydrogen-bond acceptors (Lipinski definition) is 2. The molecule has 0 aromatic heterocycles. The van der Waals surface area contributed by atoms with Crippen LogP contribution in [-0.2, 0) is 4.84 Å². The molecule has 0 aliphatic heterocycles. The molecule has 0 spiro atoms. The number of rotatable bonds is 2. The topological polar surface area (TPSA) is 24.6 Å². The van der Waals surface area contributed by atoms with Gasteiger partial charge in [-0.25, -0.2) is 0 Å². The van der Waals surface area contributed by atoms with Crippen molar-refractivity contribution in [1.82, 2.24) is 0 Å². The maximum absolute atomic E-state index is 5.29. The van der Waals surface area contributed by atoms with E-state index in [1.54, 1.807) is 0 Å². The van der Waals surface area contributed by atoms with Crippen LogP contribution in [0.3, 0.4) is 0 Å². The fraction of sp³-hybridized carbons (Fsp3) is 1.00. The van der Waals surface area contributed by atoms with E-state index in [9.17, 15) is 0 Å². The van der Waals surface area contributed by atoms with Gasteiger partial charge in [0.15, 0.2) is 18.9 Å². The summed E-state index contributed by atoms with van der Waals surface area (Å²) >= 11 is 0. The second-order valence-electron chi connectivity index (χ2n) is 5.66. The van der Waals surface area contributed by atoms with Crippen molar-refractivity contribution in [3.63, 3.8) is 0 Å². The van der Waals surface area contributed by atoms with Gasteiger partial charge in [-0.3, -0.25) is 0 Å². The highest BCUT2D eigenvalue weighted by molar-refractivity contribution is 4.57. The first-order valence-electron chi connectivity index (χ1n) is 4.70. The molecule has 0 N–H and O–H groups in total. The maximum Gasteiger partial charge on any atom is 0.186 e. The fourth-order valence-corrected chi connectivity index (χ4v) is 0.908. The summed E-state index contributed by atoms with van der Waals surface area (Å²) in [7, 11) is 1.93. The van der Waals surface area contributed by atoms with E-state index >= 15 is 0 Å². The lowest BCUT2D eigenvalue weighted by Crippen LogP contribution is -2.23. The van der Waals surface area contributed by atoms with Crippen molar-refractivity contribution in [1.29, 1.82) is 0 Å². The molecule has 0 atom stereocenters. The molecule has 13 heavy (non-hydrogen) atoms. The Morgan fingerprint density at radius 2 is 1.54 bits per heavy atom. The lowest BCUT2D eigenvalue weighted by Gasteiger charge is -2.15. The van der Waals surface area contributed by atoms with Crippen LogP contribution < -0.4 is 0 Å². The minimum absolute atomic E-state index is 0.202. The molecule has 0 aliphatic carbocycles. The molecule has 0 saturated heterocycles. The summed E-state index contributed by atoms with van der Waals surface area (Å²) in [6, 6.07) is 0. The fourth-order valence-electron chi connectivity index (χ4n) is 0.908. The first-order valence-corrected chi connectivity index (χ1v) is 4.70. The molecular formula is C10H23N2O+. The SMILES string of the molecule is C[N+](CC(C)(C)C)=NOC(C)(C)C. The van der Waals surface area contributed by atoms with E-state index in [4.69, 9.17) is 4.84 Å². The largest absolute Gasteiger partial charge is 0.342 e. The van der Waals surface area contributed by atoms with Crippen LogP contribution >= 0.6 is 0 Å². The smallest absolute Gasteiger partial charge is 0.186 e. The highest BCUT2D eigenvalue weighted by atomic mass is 16.7. The molecule has 0 fully saturated rings. The maximum atomic E-state index is 5.29. The minimum Gasteiger partial charge on any atom is -0.342 e. The molecular weight excluding hydrogens is 164 g/mol. The Balaban J connectivity index is 4.05. The average Bonchev–Trinajstić information content (AvgIpc) is 1.78. The Labute approximate surface area is 81.7 Å². The van der Waals surface area contributed by atoms with Crippen molar-refractivity contribution in [3.8, 4) is 0 Å². The van der Waals surface area contributed by atoms with E-state index in [2.05, 4.69) is 26.0 Å². The summed E-state index contributed by atoms with van der Waals surface area (Å²) in [4.78, 5) is 5.29. The van der Waals surface area contributed by atoms with Crippen LogP contribution in [-0.4, -0.2) is 23.9 Å². The lowest BCUT2D eigenvalue weighted by molar-refractivity contribution is -0.606. The normalized spacial score (nSPS) is 14.5. The predicted octanol–water partition coefficient (Wildman–Crippen LogP) is 2.86. The molecule has 0 aromatic rings. The van der Waals surface area contributed by atoms with E-state index < -0.39 is 0 Å². The third-order valence-electron chi connectivity index (χ3n) is 1.16. The summed E-state index contributed by atoms with van der Waals surface area (Å²) in [5, 5.41) is 4.01. The molecule has 0 rings (SSSR count). The summed E-state index contributed by atoms with van der Waals surface area (Å²) in [6.45, 7) is 13.4. The second kappa shape index (κ2) is 4.07. The van der Waals surface area contributed by atoms with Gasteiger partial charge in [-0.1, -0.05) is 25.5 Å². The van der Waals surface area contributed by atoms with Gasteiger partial charge >= 0.3 is 0 Å². The zero-order valence-corrected chi connectivity index (χ0v) is 10.0. The molecule has 0 bridgehead atoms. The van der Waals surface area contributed by atoms with Crippen LogP contribution in [0.5, 0.6) is 0 Å². The molecule has 0 aromatic carbocycles. The van der Waals surface area contributed by atoms with Gasteiger partial charge in [0, 0.05) is 5.41 Å². The van der Waals surface area contributed by atoms with E-state index in [1.807, 2.05) is 32.5 Å². The van der Waals surface area contributed by atoms with Gasteiger partial charge in [-0.15, -0.1) is 0 Å². The van der Waals surface area contributed by atoms with Gasteiger partial charge in [-0.05, 0) is 20.8 Å². The Hall–Kier alpha value is -0.600. The molecule has 0 aliphatic rings. The monoisotopic (exact) mass is 187 g/mol. The van der Waals surface area contributed by atoms with Gasteiger partial charge < -0.3 is 4.84 Å². The van der Waals surface area contributed by atoms with Crippen LogP contribution in [0.25, 0.3) is 0 Å². The first-order chi connectivity index (χ1) is 5.60. The average molecular weight is 187 g/mol. The molecule has 3 heteroatoms. The van der Waals surface area contributed by atoms with Crippen LogP contribution in [0.2, 0.25) is 0 Å².